The van der Waals surface area contributed by atoms with Gasteiger partial charge in [-0.25, -0.2) is 0 Å². The van der Waals surface area contributed by atoms with Crippen molar-refractivity contribution < 1.29 is 4.74 Å². The van der Waals surface area contributed by atoms with Crippen LogP contribution < -0.4 is 10.6 Å². The molecule has 1 aromatic carbocycles. The van der Waals surface area contributed by atoms with Crippen molar-refractivity contribution in [3.63, 3.8) is 0 Å². The molecule has 104 valence electrons. The molecule has 0 aliphatic carbocycles. The van der Waals surface area contributed by atoms with E-state index in [1.165, 1.54) is 18.5 Å². The van der Waals surface area contributed by atoms with Crippen LogP contribution in [-0.2, 0) is 4.74 Å². The molecule has 0 radical (unpaired) electrons. The number of ether oxygens (including phenoxy) is 1. The number of anilines is 2. The van der Waals surface area contributed by atoms with Crippen molar-refractivity contribution >= 4 is 11.4 Å². The van der Waals surface area contributed by atoms with Crippen LogP contribution in [0.5, 0.6) is 0 Å². The van der Waals surface area contributed by atoms with E-state index in [1.54, 1.807) is 0 Å². The zero-order valence-corrected chi connectivity index (χ0v) is 11.4. The van der Waals surface area contributed by atoms with Crippen LogP contribution in [0, 0.1) is 0 Å². The standard InChI is InChI=1S/C15H23N3O/c16-13-3-1-4-14(11-13)17-6-8-18(9-7-17)15-5-2-10-19-12-15/h1,3-4,11,15H,2,5-10,12,16H2. The molecule has 2 heterocycles. The minimum atomic E-state index is 0.636. The predicted molar refractivity (Wildman–Crippen MR) is 78.5 cm³/mol. The Hall–Kier alpha value is -1.26. The van der Waals surface area contributed by atoms with E-state index in [0.29, 0.717) is 6.04 Å². The Morgan fingerprint density at radius 2 is 2.00 bits per heavy atom. The fraction of sp³-hybridized carbons (Fsp3) is 0.600. The van der Waals surface area contributed by atoms with Crippen LogP contribution in [0.3, 0.4) is 0 Å². The van der Waals surface area contributed by atoms with Crippen molar-refractivity contribution in [3.05, 3.63) is 24.3 Å². The van der Waals surface area contributed by atoms with Crippen LogP contribution in [0.15, 0.2) is 24.3 Å². The van der Waals surface area contributed by atoms with Gasteiger partial charge >= 0.3 is 0 Å². The molecule has 19 heavy (non-hydrogen) atoms. The first-order valence-corrected chi connectivity index (χ1v) is 7.25. The van der Waals surface area contributed by atoms with E-state index in [2.05, 4.69) is 21.9 Å². The van der Waals surface area contributed by atoms with Crippen molar-refractivity contribution in [2.45, 2.75) is 18.9 Å². The van der Waals surface area contributed by atoms with E-state index in [-0.39, 0.29) is 0 Å². The van der Waals surface area contributed by atoms with Gasteiger partial charge in [0.15, 0.2) is 0 Å². The molecule has 0 spiro atoms. The van der Waals surface area contributed by atoms with Crippen molar-refractivity contribution in [2.24, 2.45) is 0 Å². The van der Waals surface area contributed by atoms with Crippen molar-refractivity contribution in [2.75, 3.05) is 50.0 Å². The molecular formula is C15H23N3O. The normalized spacial score (nSPS) is 25.5. The van der Waals surface area contributed by atoms with Crippen LogP contribution in [0.1, 0.15) is 12.8 Å². The second kappa shape index (κ2) is 5.80. The minimum absolute atomic E-state index is 0.636. The van der Waals surface area contributed by atoms with Gasteiger partial charge in [-0.3, -0.25) is 4.90 Å². The Labute approximate surface area is 115 Å². The highest BCUT2D eigenvalue weighted by Gasteiger charge is 2.25. The summed E-state index contributed by atoms with van der Waals surface area (Å²) in [6.07, 6.45) is 2.50. The van der Waals surface area contributed by atoms with Crippen LogP contribution in [-0.4, -0.2) is 50.3 Å². The van der Waals surface area contributed by atoms with E-state index < -0.39 is 0 Å². The van der Waals surface area contributed by atoms with E-state index >= 15 is 0 Å². The highest BCUT2D eigenvalue weighted by molar-refractivity contribution is 5.56. The first kappa shape index (κ1) is 12.8. The lowest BCUT2D eigenvalue weighted by molar-refractivity contribution is 0.0159. The molecule has 2 aliphatic heterocycles. The molecule has 0 aromatic heterocycles. The van der Waals surface area contributed by atoms with Gasteiger partial charge in [-0.05, 0) is 31.0 Å². The first-order valence-electron chi connectivity index (χ1n) is 7.25. The van der Waals surface area contributed by atoms with Gasteiger partial charge in [0.05, 0.1) is 6.61 Å². The van der Waals surface area contributed by atoms with E-state index in [0.717, 1.165) is 45.1 Å². The molecular weight excluding hydrogens is 238 g/mol. The second-order valence-corrected chi connectivity index (χ2v) is 5.49. The lowest BCUT2D eigenvalue weighted by Crippen LogP contribution is -2.52. The Morgan fingerprint density at radius 3 is 2.68 bits per heavy atom. The summed E-state index contributed by atoms with van der Waals surface area (Å²) in [4.78, 5) is 5.01. The Morgan fingerprint density at radius 1 is 1.16 bits per heavy atom. The summed E-state index contributed by atoms with van der Waals surface area (Å²) in [5, 5.41) is 0. The number of rotatable bonds is 2. The predicted octanol–water partition coefficient (Wildman–Crippen LogP) is 1.57. The smallest absolute Gasteiger partial charge is 0.0621 e. The van der Waals surface area contributed by atoms with Gasteiger partial charge < -0.3 is 15.4 Å². The molecule has 4 nitrogen and oxygen atoms in total. The molecule has 1 unspecified atom stereocenters. The van der Waals surface area contributed by atoms with Gasteiger partial charge in [0.2, 0.25) is 0 Å². The third kappa shape index (κ3) is 3.01. The summed E-state index contributed by atoms with van der Waals surface area (Å²) in [5.41, 5.74) is 7.95. The molecule has 2 aliphatic rings. The lowest BCUT2D eigenvalue weighted by atomic mass is 10.1. The van der Waals surface area contributed by atoms with Gasteiger partial charge in [0.25, 0.3) is 0 Å². The largest absolute Gasteiger partial charge is 0.399 e. The Kier molecular flexibility index (Phi) is 3.89. The van der Waals surface area contributed by atoms with Crippen LogP contribution in [0.25, 0.3) is 0 Å². The third-order valence-electron chi connectivity index (χ3n) is 4.20. The average Bonchev–Trinajstić information content (AvgIpc) is 2.48. The van der Waals surface area contributed by atoms with E-state index in [1.807, 2.05) is 12.1 Å². The van der Waals surface area contributed by atoms with Crippen molar-refractivity contribution in [1.82, 2.24) is 4.90 Å². The molecule has 0 saturated carbocycles. The quantitative estimate of drug-likeness (QED) is 0.821. The maximum absolute atomic E-state index is 5.86. The van der Waals surface area contributed by atoms with Crippen LogP contribution >= 0.6 is 0 Å². The van der Waals surface area contributed by atoms with Gasteiger partial charge in [-0.1, -0.05) is 6.07 Å². The number of nitrogens with zero attached hydrogens (tertiary/aromatic N) is 2. The summed E-state index contributed by atoms with van der Waals surface area (Å²) in [5.74, 6) is 0. The maximum atomic E-state index is 5.86. The van der Waals surface area contributed by atoms with Gasteiger partial charge in [0, 0.05) is 50.2 Å². The molecule has 1 aromatic rings. The summed E-state index contributed by atoms with van der Waals surface area (Å²) in [7, 11) is 0. The molecule has 4 heteroatoms. The van der Waals surface area contributed by atoms with Crippen LogP contribution in [0.4, 0.5) is 11.4 Å². The summed E-state index contributed by atoms with van der Waals surface area (Å²) < 4.78 is 5.59. The van der Waals surface area contributed by atoms with E-state index in [9.17, 15) is 0 Å². The topological polar surface area (TPSA) is 41.7 Å². The molecule has 2 fully saturated rings. The minimum Gasteiger partial charge on any atom is -0.399 e. The third-order valence-corrected chi connectivity index (χ3v) is 4.20. The number of hydrogen-bond acceptors (Lipinski definition) is 4. The Bertz CT molecular complexity index is 410. The molecule has 0 amide bonds. The lowest BCUT2D eigenvalue weighted by Gasteiger charge is -2.41. The van der Waals surface area contributed by atoms with E-state index in [4.69, 9.17) is 10.5 Å². The fourth-order valence-electron chi connectivity index (χ4n) is 3.08. The molecule has 1 atom stereocenters. The summed E-state index contributed by atoms with van der Waals surface area (Å²) in [6.45, 7) is 6.28. The highest BCUT2D eigenvalue weighted by atomic mass is 16.5. The molecule has 0 bridgehead atoms. The Balaban J connectivity index is 1.57. The van der Waals surface area contributed by atoms with Gasteiger partial charge in [0.1, 0.15) is 0 Å². The van der Waals surface area contributed by atoms with Crippen LogP contribution in [0.2, 0.25) is 0 Å². The highest BCUT2D eigenvalue weighted by Crippen LogP contribution is 2.21. The number of benzene rings is 1. The van der Waals surface area contributed by atoms with Gasteiger partial charge in [-0.2, -0.15) is 0 Å². The zero-order chi connectivity index (χ0) is 13.1. The fourth-order valence-corrected chi connectivity index (χ4v) is 3.08. The summed E-state index contributed by atoms with van der Waals surface area (Å²) >= 11 is 0. The maximum Gasteiger partial charge on any atom is 0.0621 e. The van der Waals surface area contributed by atoms with Crippen molar-refractivity contribution in [1.29, 1.82) is 0 Å². The second-order valence-electron chi connectivity index (χ2n) is 5.49. The average molecular weight is 261 g/mol. The number of piperazine rings is 1. The molecule has 2 N–H and O–H groups in total. The number of hydrogen-bond donors (Lipinski definition) is 1. The monoisotopic (exact) mass is 261 g/mol. The molecule has 3 rings (SSSR count). The SMILES string of the molecule is Nc1cccc(N2CCN(C3CCCOC3)CC2)c1. The van der Waals surface area contributed by atoms with Crippen molar-refractivity contribution in [3.8, 4) is 0 Å². The molecule has 2 saturated heterocycles. The zero-order valence-electron chi connectivity index (χ0n) is 11.4. The first-order chi connectivity index (χ1) is 9.33. The number of nitrogen functional groups attached to an aromatic ring is 1. The summed E-state index contributed by atoms with van der Waals surface area (Å²) in [6, 6.07) is 8.83. The van der Waals surface area contributed by atoms with Gasteiger partial charge in [-0.15, -0.1) is 0 Å². The number of nitrogens with two attached hydrogens (primary N) is 1.